The van der Waals surface area contributed by atoms with Gasteiger partial charge in [-0.2, -0.15) is 0 Å². The molecule has 0 aromatic heterocycles. The summed E-state index contributed by atoms with van der Waals surface area (Å²) in [6.07, 6.45) is -0.301. The predicted octanol–water partition coefficient (Wildman–Crippen LogP) is 2.15. The molecule has 0 atom stereocenters. The molecule has 0 bridgehead atoms. The molecule has 1 aromatic rings. The fourth-order valence-corrected chi connectivity index (χ4v) is 2.14. The molecule has 1 fully saturated rings. The third kappa shape index (κ3) is 2.91. The quantitative estimate of drug-likeness (QED) is 0.820. The molecule has 1 saturated heterocycles. The van der Waals surface area contributed by atoms with Crippen LogP contribution < -0.4 is 11.1 Å². The summed E-state index contributed by atoms with van der Waals surface area (Å²) in [5.41, 5.74) is 7.17. The van der Waals surface area contributed by atoms with E-state index in [0.29, 0.717) is 13.2 Å². The third-order valence-corrected chi connectivity index (χ3v) is 2.64. The van der Waals surface area contributed by atoms with Crippen LogP contribution in [0.25, 0.3) is 0 Å². The van der Waals surface area contributed by atoms with Crippen molar-refractivity contribution in [1.29, 1.82) is 0 Å². The lowest BCUT2D eigenvalue weighted by molar-refractivity contribution is -0.0441. The van der Waals surface area contributed by atoms with Crippen LogP contribution in [0.3, 0.4) is 0 Å². The average molecular weight is 303 g/mol. The lowest BCUT2D eigenvalue weighted by Gasteiger charge is -2.12. The monoisotopic (exact) mass is 302 g/mol. The molecule has 1 aromatic carbocycles. The molecule has 4 nitrogen and oxygen atoms in total. The van der Waals surface area contributed by atoms with Crippen LogP contribution in [0.2, 0.25) is 0 Å². The number of halogens is 1. The molecule has 0 unspecified atom stereocenters. The summed E-state index contributed by atoms with van der Waals surface area (Å²) in [5.74, 6) is 0. The molecule has 0 aliphatic carbocycles. The van der Waals surface area contributed by atoms with E-state index in [9.17, 15) is 0 Å². The van der Waals surface area contributed by atoms with Gasteiger partial charge in [-0.3, -0.25) is 0 Å². The Morgan fingerprint density at radius 2 is 2.06 bits per heavy atom. The van der Waals surface area contributed by atoms with E-state index in [4.69, 9.17) is 27.4 Å². The van der Waals surface area contributed by atoms with Crippen molar-refractivity contribution in [2.45, 2.75) is 6.29 Å². The molecule has 16 heavy (non-hydrogen) atoms. The van der Waals surface area contributed by atoms with Crippen molar-refractivity contribution in [2.24, 2.45) is 5.73 Å². The van der Waals surface area contributed by atoms with Gasteiger partial charge < -0.3 is 20.5 Å². The molecule has 0 radical (unpaired) electrons. The summed E-state index contributed by atoms with van der Waals surface area (Å²) in [7, 11) is 0. The molecule has 6 heteroatoms. The molecular weight excluding hydrogens is 292 g/mol. The zero-order valence-electron chi connectivity index (χ0n) is 8.40. The van der Waals surface area contributed by atoms with Gasteiger partial charge in [0.1, 0.15) is 0 Å². The second-order valence-corrected chi connectivity index (χ2v) is 4.69. The first-order chi connectivity index (χ1) is 7.65. The number of benzene rings is 1. The summed E-state index contributed by atoms with van der Waals surface area (Å²) in [4.78, 5) is 0. The topological polar surface area (TPSA) is 56.5 Å². The number of hydrogen-bond donors (Lipinski definition) is 2. The Labute approximate surface area is 107 Å². The van der Waals surface area contributed by atoms with Crippen LogP contribution in [-0.2, 0) is 9.47 Å². The lowest BCUT2D eigenvalue weighted by atomic mass is 10.2. The van der Waals surface area contributed by atoms with Gasteiger partial charge in [0.25, 0.3) is 0 Å². The Hall–Kier alpha value is -0.690. The number of nitrogens with one attached hydrogen (secondary N) is 1. The number of ether oxygens (including phenoxy) is 2. The summed E-state index contributed by atoms with van der Waals surface area (Å²) in [5, 5.41) is 3.11. The highest BCUT2D eigenvalue weighted by Crippen LogP contribution is 2.28. The first-order valence-electron chi connectivity index (χ1n) is 4.75. The van der Waals surface area contributed by atoms with Crippen molar-refractivity contribution in [2.75, 3.05) is 18.5 Å². The maximum absolute atomic E-state index is 5.42. The fraction of sp³-hybridized carbons (Fsp3) is 0.300. The van der Waals surface area contributed by atoms with Gasteiger partial charge >= 0.3 is 0 Å². The van der Waals surface area contributed by atoms with Gasteiger partial charge in [-0.15, -0.1) is 0 Å². The second kappa shape index (κ2) is 5.09. The largest absolute Gasteiger partial charge is 0.376 e. The van der Waals surface area contributed by atoms with Crippen LogP contribution in [0.15, 0.2) is 22.7 Å². The van der Waals surface area contributed by atoms with E-state index in [1.165, 1.54) is 0 Å². The maximum atomic E-state index is 5.42. The Bertz CT molecular complexity index is 408. The number of rotatable bonds is 2. The number of nitrogens with two attached hydrogens (primary N) is 1. The van der Waals surface area contributed by atoms with Crippen molar-refractivity contribution in [1.82, 2.24) is 0 Å². The summed E-state index contributed by atoms with van der Waals surface area (Å²) >= 11 is 8.20. The normalized spacial score (nSPS) is 16.3. The first kappa shape index (κ1) is 11.8. The summed E-state index contributed by atoms with van der Waals surface area (Å²) < 4.78 is 11.8. The van der Waals surface area contributed by atoms with Crippen LogP contribution in [0.1, 0.15) is 11.9 Å². The summed E-state index contributed by atoms with van der Waals surface area (Å²) in [6, 6.07) is 5.73. The molecule has 0 saturated carbocycles. The van der Waals surface area contributed by atoms with Crippen molar-refractivity contribution in [3.8, 4) is 0 Å². The van der Waals surface area contributed by atoms with E-state index in [2.05, 4.69) is 21.2 Å². The van der Waals surface area contributed by atoms with Gasteiger partial charge in [0.15, 0.2) is 11.4 Å². The molecule has 0 amide bonds. The smallest absolute Gasteiger partial charge is 0.184 e. The Morgan fingerprint density at radius 1 is 1.38 bits per heavy atom. The molecule has 1 aliphatic rings. The zero-order chi connectivity index (χ0) is 11.5. The SMILES string of the molecule is NC(=S)Nc1cc(Br)cc(C2OCCO2)c1. The van der Waals surface area contributed by atoms with Gasteiger partial charge in [-0.1, -0.05) is 15.9 Å². The lowest BCUT2D eigenvalue weighted by Crippen LogP contribution is -2.19. The van der Waals surface area contributed by atoms with Crippen molar-refractivity contribution in [3.05, 3.63) is 28.2 Å². The van der Waals surface area contributed by atoms with E-state index < -0.39 is 0 Å². The van der Waals surface area contributed by atoms with E-state index >= 15 is 0 Å². The average Bonchev–Trinajstić information content (AvgIpc) is 2.67. The minimum absolute atomic E-state index is 0.234. The van der Waals surface area contributed by atoms with Crippen LogP contribution in [0.5, 0.6) is 0 Å². The fourth-order valence-electron chi connectivity index (χ4n) is 1.51. The number of hydrogen-bond acceptors (Lipinski definition) is 3. The van der Waals surface area contributed by atoms with Crippen molar-refractivity contribution >= 4 is 38.9 Å². The van der Waals surface area contributed by atoms with E-state index in [1.54, 1.807) is 0 Å². The zero-order valence-corrected chi connectivity index (χ0v) is 10.8. The van der Waals surface area contributed by atoms with Gasteiger partial charge in [0.2, 0.25) is 0 Å². The Morgan fingerprint density at radius 3 is 2.69 bits per heavy atom. The minimum Gasteiger partial charge on any atom is -0.376 e. The highest BCUT2D eigenvalue weighted by molar-refractivity contribution is 9.10. The highest BCUT2D eigenvalue weighted by atomic mass is 79.9. The third-order valence-electron chi connectivity index (χ3n) is 2.08. The molecule has 86 valence electrons. The standard InChI is InChI=1S/C10H11BrN2O2S/c11-7-3-6(9-14-1-2-15-9)4-8(5-7)13-10(12)16/h3-5,9H,1-2H2,(H3,12,13,16). The number of thiocarbonyl (C=S) groups is 1. The van der Waals surface area contributed by atoms with E-state index in [0.717, 1.165) is 15.7 Å². The number of anilines is 1. The molecule has 1 heterocycles. The van der Waals surface area contributed by atoms with Crippen LogP contribution in [0.4, 0.5) is 5.69 Å². The minimum atomic E-state index is -0.301. The van der Waals surface area contributed by atoms with E-state index in [1.807, 2.05) is 18.2 Å². The summed E-state index contributed by atoms with van der Waals surface area (Å²) in [6.45, 7) is 1.24. The Balaban J connectivity index is 2.24. The molecule has 2 rings (SSSR count). The van der Waals surface area contributed by atoms with E-state index in [-0.39, 0.29) is 11.4 Å². The molecule has 1 aliphatic heterocycles. The van der Waals surface area contributed by atoms with Crippen molar-refractivity contribution < 1.29 is 9.47 Å². The molecule has 0 spiro atoms. The maximum Gasteiger partial charge on any atom is 0.184 e. The van der Waals surface area contributed by atoms with Gasteiger partial charge in [0, 0.05) is 15.7 Å². The first-order valence-corrected chi connectivity index (χ1v) is 5.95. The van der Waals surface area contributed by atoms with Gasteiger partial charge in [-0.25, -0.2) is 0 Å². The molecule has 3 N–H and O–H groups in total. The second-order valence-electron chi connectivity index (χ2n) is 3.34. The van der Waals surface area contributed by atoms with Crippen LogP contribution >= 0.6 is 28.1 Å². The predicted molar refractivity (Wildman–Crippen MR) is 69.2 cm³/mol. The van der Waals surface area contributed by atoms with Crippen molar-refractivity contribution in [3.63, 3.8) is 0 Å². The van der Waals surface area contributed by atoms with Crippen LogP contribution in [0, 0.1) is 0 Å². The van der Waals surface area contributed by atoms with Gasteiger partial charge in [-0.05, 0) is 30.4 Å². The highest BCUT2D eigenvalue weighted by Gasteiger charge is 2.19. The Kier molecular flexibility index (Phi) is 3.75. The van der Waals surface area contributed by atoms with Crippen LogP contribution in [-0.4, -0.2) is 18.3 Å². The molecular formula is C10H11BrN2O2S. The van der Waals surface area contributed by atoms with Gasteiger partial charge in [0.05, 0.1) is 13.2 Å².